The summed E-state index contributed by atoms with van der Waals surface area (Å²) >= 11 is 6.57. The summed E-state index contributed by atoms with van der Waals surface area (Å²) in [7, 11) is 0. The third-order valence-electron chi connectivity index (χ3n) is 2.08. The highest BCUT2D eigenvalue weighted by Gasteiger charge is 2.11. The molecule has 0 N–H and O–H groups in total. The van der Waals surface area contributed by atoms with E-state index in [2.05, 4.69) is 15.9 Å². The number of carbonyl (C=O) groups is 1. The Labute approximate surface area is 105 Å². The van der Waals surface area contributed by atoms with Gasteiger partial charge in [0.2, 0.25) is 0 Å². The SMILES string of the molecule is Cc1cc(C(=O)Cc2ccsc2)sc1Br. The van der Waals surface area contributed by atoms with Crippen LogP contribution in [0.15, 0.2) is 26.7 Å². The first-order valence-corrected chi connectivity index (χ1v) is 7.02. The number of Topliss-reactive ketones (excluding diaryl/α,β-unsaturated/α-hetero) is 1. The Morgan fingerprint density at radius 3 is 2.87 bits per heavy atom. The van der Waals surface area contributed by atoms with E-state index in [4.69, 9.17) is 0 Å². The molecule has 0 saturated heterocycles. The molecule has 4 heteroatoms. The standard InChI is InChI=1S/C11H9BrOS2/c1-7-4-10(15-11(7)12)9(13)5-8-2-3-14-6-8/h2-4,6H,5H2,1H3. The Hall–Kier alpha value is -0.450. The molecule has 0 unspecified atom stereocenters. The van der Waals surface area contributed by atoms with Crippen molar-refractivity contribution in [2.75, 3.05) is 0 Å². The topological polar surface area (TPSA) is 17.1 Å². The van der Waals surface area contributed by atoms with E-state index in [9.17, 15) is 4.79 Å². The molecule has 0 amide bonds. The van der Waals surface area contributed by atoms with Crippen LogP contribution in [-0.2, 0) is 6.42 Å². The molecule has 1 nitrogen and oxygen atoms in total. The molecule has 0 aliphatic carbocycles. The summed E-state index contributed by atoms with van der Waals surface area (Å²) in [6, 6.07) is 3.95. The zero-order valence-electron chi connectivity index (χ0n) is 8.12. The maximum atomic E-state index is 11.9. The van der Waals surface area contributed by atoms with E-state index >= 15 is 0 Å². The molecular weight excluding hydrogens is 292 g/mol. The van der Waals surface area contributed by atoms with Gasteiger partial charge in [-0.2, -0.15) is 11.3 Å². The number of thiophene rings is 2. The normalized spacial score (nSPS) is 10.5. The summed E-state index contributed by atoms with van der Waals surface area (Å²) in [4.78, 5) is 12.7. The van der Waals surface area contributed by atoms with Crippen molar-refractivity contribution < 1.29 is 4.79 Å². The number of carbonyl (C=O) groups excluding carboxylic acids is 1. The summed E-state index contributed by atoms with van der Waals surface area (Å²) < 4.78 is 1.05. The molecule has 0 fully saturated rings. The molecule has 0 atom stereocenters. The van der Waals surface area contributed by atoms with Gasteiger partial charge in [-0.05, 0) is 56.9 Å². The fourth-order valence-electron chi connectivity index (χ4n) is 1.26. The Kier molecular flexibility index (Phi) is 3.38. The van der Waals surface area contributed by atoms with Crippen LogP contribution >= 0.6 is 38.6 Å². The molecule has 0 saturated carbocycles. The minimum absolute atomic E-state index is 0.201. The highest BCUT2D eigenvalue weighted by molar-refractivity contribution is 9.11. The lowest BCUT2D eigenvalue weighted by atomic mass is 10.1. The van der Waals surface area contributed by atoms with Gasteiger partial charge < -0.3 is 0 Å². The second-order valence-electron chi connectivity index (χ2n) is 3.30. The van der Waals surface area contributed by atoms with Gasteiger partial charge in [0.1, 0.15) is 0 Å². The Morgan fingerprint density at radius 1 is 1.53 bits per heavy atom. The van der Waals surface area contributed by atoms with E-state index in [0.717, 1.165) is 19.8 Å². The summed E-state index contributed by atoms with van der Waals surface area (Å²) in [6.45, 7) is 2.00. The molecule has 2 heterocycles. The highest BCUT2D eigenvalue weighted by Crippen LogP contribution is 2.28. The van der Waals surface area contributed by atoms with Crippen molar-refractivity contribution in [1.29, 1.82) is 0 Å². The second kappa shape index (κ2) is 4.60. The lowest BCUT2D eigenvalue weighted by molar-refractivity contribution is 0.0997. The van der Waals surface area contributed by atoms with E-state index in [-0.39, 0.29) is 5.78 Å². The Morgan fingerprint density at radius 2 is 2.33 bits per heavy atom. The summed E-state index contributed by atoms with van der Waals surface area (Å²) in [6.07, 6.45) is 0.510. The Bertz CT molecular complexity index is 451. The van der Waals surface area contributed by atoms with Gasteiger partial charge in [-0.15, -0.1) is 11.3 Å². The predicted octanol–water partition coefficient (Wildman–Crippen LogP) is 4.31. The van der Waals surface area contributed by atoms with Crippen molar-refractivity contribution in [2.45, 2.75) is 13.3 Å². The smallest absolute Gasteiger partial charge is 0.177 e. The molecule has 0 aliphatic rings. The Balaban J connectivity index is 2.15. The van der Waals surface area contributed by atoms with Crippen molar-refractivity contribution in [3.05, 3.63) is 42.7 Å². The largest absolute Gasteiger partial charge is 0.293 e. The van der Waals surface area contributed by atoms with Crippen LogP contribution in [0.1, 0.15) is 20.8 Å². The number of rotatable bonds is 3. The second-order valence-corrected chi connectivity index (χ2v) is 6.45. The van der Waals surface area contributed by atoms with Crippen LogP contribution in [0.4, 0.5) is 0 Å². The van der Waals surface area contributed by atoms with Crippen molar-refractivity contribution in [3.63, 3.8) is 0 Å². The zero-order chi connectivity index (χ0) is 10.8. The molecule has 0 aliphatic heterocycles. The number of hydrogen-bond acceptors (Lipinski definition) is 3. The van der Waals surface area contributed by atoms with Crippen LogP contribution in [0.3, 0.4) is 0 Å². The third-order valence-corrected chi connectivity index (χ3v) is 4.99. The first-order valence-electron chi connectivity index (χ1n) is 4.47. The first-order chi connectivity index (χ1) is 7.16. The van der Waals surface area contributed by atoms with Gasteiger partial charge in [0, 0.05) is 6.42 Å². The summed E-state index contributed by atoms with van der Waals surface area (Å²) in [5.41, 5.74) is 2.24. The number of halogens is 1. The van der Waals surface area contributed by atoms with Crippen LogP contribution in [0.2, 0.25) is 0 Å². The maximum absolute atomic E-state index is 11.9. The molecule has 0 spiro atoms. The van der Waals surface area contributed by atoms with Crippen LogP contribution in [0.25, 0.3) is 0 Å². The van der Waals surface area contributed by atoms with Gasteiger partial charge in [0.25, 0.3) is 0 Å². The molecule has 2 aromatic heterocycles. The summed E-state index contributed by atoms with van der Waals surface area (Å²) in [5.74, 6) is 0.201. The minimum Gasteiger partial charge on any atom is -0.293 e. The van der Waals surface area contributed by atoms with E-state index in [1.165, 1.54) is 11.3 Å². The average Bonchev–Trinajstić information content (AvgIpc) is 2.78. The van der Waals surface area contributed by atoms with Gasteiger partial charge in [0.15, 0.2) is 5.78 Å². The van der Waals surface area contributed by atoms with E-state index in [0.29, 0.717) is 6.42 Å². The van der Waals surface area contributed by atoms with Gasteiger partial charge in [-0.3, -0.25) is 4.79 Å². The van der Waals surface area contributed by atoms with E-state index in [1.807, 2.05) is 29.8 Å². The minimum atomic E-state index is 0.201. The summed E-state index contributed by atoms with van der Waals surface area (Å²) in [5, 5.41) is 4.02. The lowest BCUT2D eigenvalue weighted by Gasteiger charge is -1.93. The van der Waals surface area contributed by atoms with E-state index < -0.39 is 0 Å². The van der Waals surface area contributed by atoms with Crippen molar-refractivity contribution in [3.8, 4) is 0 Å². The molecule has 78 valence electrons. The van der Waals surface area contributed by atoms with Crippen molar-refractivity contribution in [1.82, 2.24) is 0 Å². The monoisotopic (exact) mass is 300 g/mol. The van der Waals surface area contributed by atoms with Gasteiger partial charge in [-0.1, -0.05) is 0 Å². The molecular formula is C11H9BrOS2. The predicted molar refractivity (Wildman–Crippen MR) is 69.1 cm³/mol. The molecule has 0 bridgehead atoms. The van der Waals surface area contributed by atoms with Crippen LogP contribution in [0, 0.1) is 6.92 Å². The average molecular weight is 301 g/mol. The van der Waals surface area contributed by atoms with E-state index in [1.54, 1.807) is 11.3 Å². The number of hydrogen-bond donors (Lipinski definition) is 0. The molecule has 2 rings (SSSR count). The number of ketones is 1. The maximum Gasteiger partial charge on any atom is 0.177 e. The first kappa shape index (κ1) is 11.0. The van der Waals surface area contributed by atoms with Crippen LogP contribution in [0.5, 0.6) is 0 Å². The fraction of sp³-hybridized carbons (Fsp3) is 0.182. The van der Waals surface area contributed by atoms with Gasteiger partial charge in [-0.25, -0.2) is 0 Å². The number of aryl methyl sites for hydroxylation is 1. The molecule has 0 aromatic carbocycles. The van der Waals surface area contributed by atoms with Crippen LogP contribution in [-0.4, -0.2) is 5.78 Å². The van der Waals surface area contributed by atoms with Crippen LogP contribution < -0.4 is 0 Å². The van der Waals surface area contributed by atoms with Gasteiger partial charge >= 0.3 is 0 Å². The molecule has 2 aromatic rings. The third kappa shape index (κ3) is 2.56. The van der Waals surface area contributed by atoms with Gasteiger partial charge in [0.05, 0.1) is 8.66 Å². The van der Waals surface area contributed by atoms with Crippen molar-refractivity contribution >= 4 is 44.4 Å². The highest BCUT2D eigenvalue weighted by atomic mass is 79.9. The van der Waals surface area contributed by atoms with Crippen molar-refractivity contribution in [2.24, 2.45) is 0 Å². The fourth-order valence-corrected chi connectivity index (χ4v) is 3.40. The zero-order valence-corrected chi connectivity index (χ0v) is 11.3. The lowest BCUT2D eigenvalue weighted by Crippen LogP contribution is -1.99. The molecule has 15 heavy (non-hydrogen) atoms. The quantitative estimate of drug-likeness (QED) is 0.772. The molecule has 0 radical (unpaired) electrons.